The summed E-state index contributed by atoms with van der Waals surface area (Å²) in [5.74, 6) is -1.94. The summed E-state index contributed by atoms with van der Waals surface area (Å²) in [5.41, 5.74) is 0.0272. The van der Waals surface area contributed by atoms with Crippen molar-refractivity contribution in [3.05, 3.63) is 11.6 Å². The molecule has 1 saturated carbocycles. The van der Waals surface area contributed by atoms with Crippen LogP contribution in [0.3, 0.4) is 0 Å². The van der Waals surface area contributed by atoms with Crippen LogP contribution in [0.4, 0.5) is 0 Å². The predicted octanol–water partition coefficient (Wildman–Crippen LogP) is 2.44. The van der Waals surface area contributed by atoms with Crippen LogP contribution >= 0.6 is 0 Å². The van der Waals surface area contributed by atoms with Gasteiger partial charge >= 0.3 is 11.9 Å². The van der Waals surface area contributed by atoms with E-state index in [1.165, 1.54) is 12.8 Å². The maximum atomic E-state index is 10.9. The Morgan fingerprint density at radius 3 is 2.06 bits per heavy atom. The molecule has 0 bridgehead atoms. The summed E-state index contributed by atoms with van der Waals surface area (Å²) in [7, 11) is 0. The molecule has 4 nitrogen and oxygen atoms in total. The van der Waals surface area contributed by atoms with Gasteiger partial charge in [0.1, 0.15) is 0 Å². The van der Waals surface area contributed by atoms with Crippen LogP contribution < -0.4 is 0 Å². The van der Waals surface area contributed by atoms with Gasteiger partial charge in [0.2, 0.25) is 0 Å². The van der Waals surface area contributed by atoms with Gasteiger partial charge in [0.05, 0.1) is 0 Å². The summed E-state index contributed by atoms with van der Waals surface area (Å²) in [6.07, 6.45) is 7.93. The maximum absolute atomic E-state index is 10.9. The molecule has 0 saturated heterocycles. The van der Waals surface area contributed by atoms with E-state index in [2.05, 4.69) is 0 Å². The number of hydrogen-bond acceptors (Lipinski definition) is 2. The van der Waals surface area contributed by atoms with E-state index in [0.717, 1.165) is 31.8 Å². The van der Waals surface area contributed by atoms with Gasteiger partial charge in [-0.15, -0.1) is 0 Å². The number of hydrogen-bond donors (Lipinski definition) is 2. The Morgan fingerprint density at radius 1 is 1.06 bits per heavy atom. The molecule has 16 heavy (non-hydrogen) atoms. The minimum Gasteiger partial charge on any atom is -0.478 e. The average molecular weight is 226 g/mol. The van der Waals surface area contributed by atoms with Gasteiger partial charge in [0, 0.05) is 11.6 Å². The standard InChI is InChI=1S/C12H18O4/c13-11(14)8-10(12(15)16)7-9-5-3-1-2-4-6-9/h8-9H,1-7H2,(H,13,14)(H,15,16)/b10-8-. The Kier molecular flexibility index (Phi) is 5.02. The first-order valence-electron chi connectivity index (χ1n) is 5.76. The van der Waals surface area contributed by atoms with Crippen LogP contribution in [0.15, 0.2) is 11.6 Å². The third-order valence-electron chi connectivity index (χ3n) is 3.06. The van der Waals surface area contributed by atoms with Gasteiger partial charge in [-0.05, 0) is 12.3 Å². The molecule has 1 rings (SSSR count). The fraction of sp³-hybridized carbons (Fsp3) is 0.667. The van der Waals surface area contributed by atoms with E-state index in [9.17, 15) is 9.59 Å². The molecule has 90 valence electrons. The number of carboxylic acids is 2. The molecule has 0 aromatic heterocycles. The van der Waals surface area contributed by atoms with Crippen molar-refractivity contribution in [3.8, 4) is 0 Å². The molecular formula is C12H18O4. The molecule has 4 heteroatoms. The zero-order chi connectivity index (χ0) is 12.0. The van der Waals surface area contributed by atoms with Crippen LogP contribution in [-0.4, -0.2) is 22.2 Å². The highest BCUT2D eigenvalue weighted by atomic mass is 16.4. The van der Waals surface area contributed by atoms with Crippen molar-refractivity contribution in [1.82, 2.24) is 0 Å². The van der Waals surface area contributed by atoms with Crippen molar-refractivity contribution in [2.45, 2.75) is 44.9 Å². The predicted molar refractivity (Wildman–Crippen MR) is 59.2 cm³/mol. The summed E-state index contributed by atoms with van der Waals surface area (Å²) in [6, 6.07) is 0. The van der Waals surface area contributed by atoms with Crippen molar-refractivity contribution in [1.29, 1.82) is 0 Å². The molecule has 0 spiro atoms. The second kappa shape index (κ2) is 6.30. The second-order valence-corrected chi connectivity index (χ2v) is 4.37. The average Bonchev–Trinajstić information content (AvgIpc) is 2.44. The van der Waals surface area contributed by atoms with Crippen LogP contribution in [0.25, 0.3) is 0 Å². The molecule has 1 fully saturated rings. The molecule has 0 radical (unpaired) electrons. The smallest absolute Gasteiger partial charge is 0.331 e. The Hall–Kier alpha value is -1.32. The van der Waals surface area contributed by atoms with Gasteiger partial charge in [-0.2, -0.15) is 0 Å². The summed E-state index contributed by atoms with van der Waals surface area (Å²) in [6.45, 7) is 0. The first-order valence-corrected chi connectivity index (χ1v) is 5.76. The van der Waals surface area contributed by atoms with Crippen molar-refractivity contribution in [2.24, 2.45) is 5.92 Å². The highest BCUT2D eigenvalue weighted by molar-refractivity contribution is 5.94. The molecule has 0 amide bonds. The monoisotopic (exact) mass is 226 g/mol. The van der Waals surface area contributed by atoms with E-state index in [-0.39, 0.29) is 5.57 Å². The van der Waals surface area contributed by atoms with Crippen molar-refractivity contribution in [2.75, 3.05) is 0 Å². The van der Waals surface area contributed by atoms with Crippen LogP contribution in [0.2, 0.25) is 0 Å². The molecule has 0 aliphatic heterocycles. The molecule has 0 unspecified atom stereocenters. The number of rotatable bonds is 4. The van der Waals surface area contributed by atoms with Crippen LogP contribution in [0.5, 0.6) is 0 Å². The van der Waals surface area contributed by atoms with Gasteiger partial charge in [-0.25, -0.2) is 9.59 Å². The van der Waals surface area contributed by atoms with E-state index in [1.54, 1.807) is 0 Å². The molecule has 0 heterocycles. The van der Waals surface area contributed by atoms with Crippen LogP contribution in [0, 0.1) is 5.92 Å². The van der Waals surface area contributed by atoms with Gasteiger partial charge in [0.25, 0.3) is 0 Å². The lowest BCUT2D eigenvalue weighted by Gasteiger charge is -2.13. The Morgan fingerprint density at radius 2 is 1.62 bits per heavy atom. The van der Waals surface area contributed by atoms with Crippen molar-refractivity contribution < 1.29 is 19.8 Å². The Balaban J connectivity index is 2.60. The van der Waals surface area contributed by atoms with Crippen molar-refractivity contribution >= 4 is 11.9 Å². The topological polar surface area (TPSA) is 74.6 Å². The zero-order valence-corrected chi connectivity index (χ0v) is 9.32. The van der Waals surface area contributed by atoms with Gasteiger partial charge in [-0.3, -0.25) is 0 Å². The molecular weight excluding hydrogens is 208 g/mol. The van der Waals surface area contributed by atoms with E-state index in [1.807, 2.05) is 0 Å². The number of carboxylic acid groups (broad SMARTS) is 2. The van der Waals surface area contributed by atoms with E-state index >= 15 is 0 Å². The fourth-order valence-electron chi connectivity index (χ4n) is 2.24. The summed E-state index contributed by atoms with van der Waals surface area (Å²) in [5, 5.41) is 17.5. The summed E-state index contributed by atoms with van der Waals surface area (Å²) >= 11 is 0. The molecule has 0 aromatic rings. The van der Waals surface area contributed by atoms with Gasteiger partial charge in [-0.1, -0.05) is 38.5 Å². The third-order valence-corrected chi connectivity index (χ3v) is 3.06. The van der Waals surface area contributed by atoms with Gasteiger partial charge < -0.3 is 10.2 Å². The second-order valence-electron chi connectivity index (χ2n) is 4.37. The van der Waals surface area contributed by atoms with Crippen LogP contribution in [-0.2, 0) is 9.59 Å². The molecule has 0 aromatic carbocycles. The third kappa shape index (κ3) is 4.47. The van der Waals surface area contributed by atoms with Gasteiger partial charge in [0.15, 0.2) is 0 Å². The molecule has 1 aliphatic carbocycles. The normalized spacial score (nSPS) is 19.1. The van der Waals surface area contributed by atoms with Crippen molar-refractivity contribution in [3.63, 3.8) is 0 Å². The Bertz CT molecular complexity index is 285. The lowest BCUT2D eigenvalue weighted by Crippen LogP contribution is -2.09. The number of carbonyl (C=O) groups is 2. The van der Waals surface area contributed by atoms with E-state index in [4.69, 9.17) is 10.2 Å². The first-order chi connectivity index (χ1) is 7.59. The summed E-state index contributed by atoms with van der Waals surface area (Å²) in [4.78, 5) is 21.3. The highest BCUT2D eigenvalue weighted by Gasteiger charge is 2.18. The van der Waals surface area contributed by atoms with E-state index < -0.39 is 11.9 Å². The maximum Gasteiger partial charge on any atom is 0.331 e. The number of aliphatic carboxylic acids is 2. The fourth-order valence-corrected chi connectivity index (χ4v) is 2.24. The highest BCUT2D eigenvalue weighted by Crippen LogP contribution is 2.28. The quantitative estimate of drug-likeness (QED) is 0.570. The lowest BCUT2D eigenvalue weighted by molar-refractivity contribution is -0.135. The zero-order valence-electron chi connectivity index (χ0n) is 9.32. The molecule has 2 N–H and O–H groups in total. The summed E-state index contributed by atoms with van der Waals surface area (Å²) < 4.78 is 0. The first kappa shape index (κ1) is 12.7. The van der Waals surface area contributed by atoms with E-state index in [0.29, 0.717) is 12.3 Å². The Labute approximate surface area is 95.0 Å². The largest absolute Gasteiger partial charge is 0.478 e. The molecule has 1 aliphatic rings. The SMILES string of the molecule is O=C(O)/C=C(/CC1CCCCCC1)C(=O)O. The minimum atomic E-state index is -1.17. The van der Waals surface area contributed by atoms with Crippen LogP contribution in [0.1, 0.15) is 44.9 Å². The minimum absolute atomic E-state index is 0.0272. The lowest BCUT2D eigenvalue weighted by atomic mass is 9.92. The molecule has 0 atom stereocenters.